The largest absolute Gasteiger partial charge is 0.387 e. The van der Waals surface area contributed by atoms with Gasteiger partial charge in [-0.1, -0.05) is 181 Å². The molecule has 0 spiro atoms. The molecule has 0 aromatic heterocycles. The van der Waals surface area contributed by atoms with Crippen molar-refractivity contribution < 1.29 is 157 Å². The molecule has 32 nitrogen and oxygen atoms in total. The molecular formula is C48H72I8O32. The number of aliphatic hydroxyl groups is 16. The van der Waals surface area contributed by atoms with E-state index in [9.17, 15) is 81.7 Å². The lowest BCUT2D eigenvalue weighted by Gasteiger charge is -2.51. The summed E-state index contributed by atoms with van der Waals surface area (Å²) in [6.07, 6.45) is -64.9. The summed E-state index contributed by atoms with van der Waals surface area (Å²) in [5.41, 5.74) is 0. The lowest BCUT2D eigenvalue weighted by atomic mass is 9.95. The SMILES string of the molecule is OC1C2OC3[C@H](O)C(O)C(OC4[C@H](O)C(O)C(OC5[C@H](O)C(O)C(OC6[C@H](O)C(O)C(OC7[C@H](O)C(O)C(OC8[C@H](O)C(O)C(OC9[C@H](O)C(O)C(OC([C@@H]1O)[C@@H](CI)O2)O[C@@H]9CI)O[C@@H]8CI)O[C@@H]7CI)O[C@@H]6CI)O[C@@H]5CI)O[C@@H]4CI)O[C@@H]3CI. The Balaban J connectivity index is 0.975. The van der Waals surface area contributed by atoms with E-state index in [2.05, 4.69) is 0 Å². The number of ether oxygens (including phenoxy) is 16. The number of rotatable bonds is 8. The molecule has 512 valence electrons. The van der Waals surface area contributed by atoms with E-state index in [0.29, 0.717) is 0 Å². The van der Waals surface area contributed by atoms with Gasteiger partial charge in [0.2, 0.25) is 0 Å². The van der Waals surface area contributed by atoms with Gasteiger partial charge in [0.05, 0.1) is 48.8 Å². The summed E-state index contributed by atoms with van der Waals surface area (Å²) < 4.78 is 98.2. The molecule has 0 aromatic carbocycles. The highest BCUT2D eigenvalue weighted by atomic mass is 127. The molecule has 0 aromatic rings. The summed E-state index contributed by atoms with van der Waals surface area (Å²) in [5, 5.41) is 186. The lowest BCUT2D eigenvalue weighted by molar-refractivity contribution is -0.396. The molecule has 0 amide bonds. The van der Waals surface area contributed by atoms with Crippen LogP contribution in [0.5, 0.6) is 0 Å². The van der Waals surface area contributed by atoms with Crippen LogP contribution in [0.25, 0.3) is 0 Å². The number of alkyl halides is 8. The standard InChI is InChI=1S/C48H72I8O32/c49-1-9-33-17(57)25(65)41(73-9)82-34-10(2-50)75-43(27(67)19(34)59)84-36-12(4-52)77-45(29(69)21(36)61)86-38-14(6-54)79-47(31(71)23(38)63)88-40-16(8-56)80-48(32(72)24(40)64)87-39-15(7-55)78-46(30(70)22(39)62)85-37-13(5-53)76-44(28(68)20(37)60)83-35-11(3-51)74-42(81-33)26(66)18(35)58/h9-48,57-72H,1-8H2/t9-,10-,11-,12-,13-,14-,15-,16-,17-,18-,19-,20-,21-,22-,23-,24-,25?,26?,27?,28?,29?,30?,31?,32?,33?,34?,35?,36?,37?,38?,39?,40?,41?,42?,43?,44?,45?,46?,47?,48?/m1/s1. The van der Waals surface area contributed by atoms with E-state index in [-0.39, 0.29) is 35.4 Å². The Morgan fingerprint density at radius 2 is 0.239 bits per heavy atom. The Morgan fingerprint density at radius 1 is 0.148 bits per heavy atom. The second-order valence-electron chi connectivity index (χ2n) is 22.2. The van der Waals surface area contributed by atoms with Gasteiger partial charge in [-0.2, -0.15) is 0 Å². The average Bonchev–Trinajstić information content (AvgIpc) is 1.02. The molecule has 21 aliphatic rings. The van der Waals surface area contributed by atoms with Crippen molar-refractivity contribution in [1.82, 2.24) is 0 Å². The van der Waals surface area contributed by atoms with Gasteiger partial charge in [-0.05, 0) is 0 Å². The van der Waals surface area contributed by atoms with Crippen LogP contribution in [0.4, 0.5) is 0 Å². The van der Waals surface area contributed by atoms with Gasteiger partial charge < -0.3 is 157 Å². The van der Waals surface area contributed by atoms with Gasteiger partial charge in [0.1, 0.15) is 146 Å². The number of hydrogen-bond donors (Lipinski definition) is 16. The molecule has 40 heteroatoms. The smallest absolute Gasteiger partial charge is 0.187 e. The fourth-order valence-corrected chi connectivity index (χ4v) is 17.4. The molecular weight excluding hydrogens is 2100 g/mol. The lowest BCUT2D eigenvalue weighted by Crippen LogP contribution is -2.68. The molecule has 21 heterocycles. The van der Waals surface area contributed by atoms with Crippen LogP contribution >= 0.6 is 181 Å². The topological polar surface area (TPSA) is 471 Å². The Labute approximate surface area is 611 Å². The summed E-state index contributed by atoms with van der Waals surface area (Å²) in [6.45, 7) is 0. The molecule has 21 fully saturated rings. The summed E-state index contributed by atoms with van der Waals surface area (Å²) in [7, 11) is 0. The normalized spacial score (nSPS) is 55.4. The van der Waals surface area contributed by atoms with Gasteiger partial charge in [-0.15, -0.1) is 0 Å². The van der Waals surface area contributed by atoms with Crippen LogP contribution in [0.15, 0.2) is 0 Å². The fourth-order valence-electron chi connectivity index (χ4n) is 11.7. The first-order chi connectivity index (χ1) is 41.9. The van der Waals surface area contributed by atoms with Crippen molar-refractivity contribution in [3.8, 4) is 0 Å². The highest BCUT2D eigenvalue weighted by molar-refractivity contribution is 14.1. The predicted octanol–water partition coefficient (Wildman–Crippen LogP) is -5.86. The van der Waals surface area contributed by atoms with Crippen LogP contribution < -0.4 is 0 Å². The third-order valence-corrected chi connectivity index (χ3v) is 23.6. The molecule has 88 heavy (non-hydrogen) atoms. The van der Waals surface area contributed by atoms with Gasteiger partial charge in [-0.3, -0.25) is 0 Å². The number of aliphatic hydroxyl groups excluding tert-OH is 16. The van der Waals surface area contributed by atoms with Crippen LogP contribution in [-0.4, -0.2) is 363 Å². The summed E-state index contributed by atoms with van der Waals surface area (Å²) in [4.78, 5) is 0. The van der Waals surface area contributed by atoms with Crippen molar-refractivity contribution in [3.05, 3.63) is 0 Å². The Bertz CT molecular complexity index is 1730. The van der Waals surface area contributed by atoms with E-state index in [0.717, 1.165) is 0 Å². The Morgan fingerprint density at radius 3 is 0.318 bits per heavy atom. The van der Waals surface area contributed by atoms with E-state index >= 15 is 0 Å². The minimum absolute atomic E-state index is 0.0536. The predicted molar refractivity (Wildman–Crippen MR) is 355 cm³/mol. The first-order valence-corrected chi connectivity index (χ1v) is 39.9. The zero-order chi connectivity index (χ0) is 64.1. The Kier molecular flexibility index (Phi) is 29.7. The average molecular weight is 2180 g/mol. The first-order valence-electron chi connectivity index (χ1n) is 27.7. The van der Waals surface area contributed by atoms with Crippen LogP contribution in [0.3, 0.4) is 0 Å². The molecule has 24 unspecified atom stereocenters. The molecule has 0 radical (unpaired) electrons. The number of hydrogen-bond acceptors (Lipinski definition) is 32. The van der Waals surface area contributed by atoms with Crippen molar-refractivity contribution in [1.29, 1.82) is 0 Å². The van der Waals surface area contributed by atoms with Crippen LogP contribution in [0.1, 0.15) is 0 Å². The third kappa shape index (κ3) is 16.1. The van der Waals surface area contributed by atoms with Gasteiger partial charge >= 0.3 is 0 Å². The van der Waals surface area contributed by atoms with Crippen molar-refractivity contribution in [2.45, 2.75) is 246 Å². The van der Waals surface area contributed by atoms with Crippen molar-refractivity contribution in [2.24, 2.45) is 0 Å². The summed E-state index contributed by atoms with van der Waals surface area (Å²) in [5.74, 6) is 0. The van der Waals surface area contributed by atoms with E-state index in [1.165, 1.54) is 0 Å². The van der Waals surface area contributed by atoms with Crippen LogP contribution in [0, 0.1) is 0 Å². The fraction of sp³-hybridized carbons (Fsp3) is 1.00. The minimum atomic E-state index is -1.93. The van der Waals surface area contributed by atoms with E-state index in [1.807, 2.05) is 181 Å². The molecule has 16 N–H and O–H groups in total. The molecule has 21 aliphatic heterocycles. The van der Waals surface area contributed by atoms with Gasteiger partial charge in [-0.25, -0.2) is 0 Å². The zero-order valence-electron chi connectivity index (χ0n) is 45.5. The third-order valence-electron chi connectivity index (χ3n) is 16.7. The number of halogens is 8. The second kappa shape index (κ2) is 34.0. The summed E-state index contributed by atoms with van der Waals surface area (Å²) in [6, 6.07) is 0. The molecule has 0 saturated carbocycles. The van der Waals surface area contributed by atoms with Crippen molar-refractivity contribution >= 4 is 181 Å². The van der Waals surface area contributed by atoms with Gasteiger partial charge in [0.25, 0.3) is 0 Å². The molecule has 0 aliphatic carbocycles. The van der Waals surface area contributed by atoms with Gasteiger partial charge in [0, 0.05) is 35.4 Å². The second-order valence-corrected chi connectivity index (χ2v) is 29.3. The van der Waals surface area contributed by atoms with E-state index < -0.39 is 246 Å². The molecule has 40 atom stereocenters. The first kappa shape index (κ1) is 76.7. The van der Waals surface area contributed by atoms with Gasteiger partial charge in [0.15, 0.2) is 50.3 Å². The van der Waals surface area contributed by atoms with Crippen LogP contribution in [-0.2, 0) is 75.8 Å². The maximum Gasteiger partial charge on any atom is 0.187 e. The van der Waals surface area contributed by atoms with Crippen molar-refractivity contribution in [3.63, 3.8) is 0 Å². The van der Waals surface area contributed by atoms with Crippen molar-refractivity contribution in [2.75, 3.05) is 35.4 Å². The highest BCUT2D eigenvalue weighted by Crippen LogP contribution is 2.41. The van der Waals surface area contributed by atoms with E-state index in [1.54, 1.807) is 0 Å². The quantitative estimate of drug-likeness (QED) is 0.0795. The highest BCUT2D eigenvalue weighted by Gasteiger charge is 2.60. The maximum atomic E-state index is 11.7. The maximum absolute atomic E-state index is 11.7. The molecule has 16 bridgehead atoms. The minimum Gasteiger partial charge on any atom is -0.387 e. The summed E-state index contributed by atoms with van der Waals surface area (Å²) >= 11 is 15.3. The van der Waals surface area contributed by atoms with Crippen LogP contribution in [0.2, 0.25) is 0 Å². The van der Waals surface area contributed by atoms with E-state index in [4.69, 9.17) is 75.8 Å². The zero-order valence-corrected chi connectivity index (χ0v) is 62.7. The molecule has 21 rings (SSSR count). The Hall–Kier alpha value is 4.56. The molecule has 21 saturated heterocycles. The monoisotopic (exact) mass is 2180 g/mol.